The number of aromatic nitrogens is 4. The zero-order valence-corrected chi connectivity index (χ0v) is 19.1. The minimum atomic E-state index is -1.08. The Morgan fingerprint density at radius 3 is 2.27 bits per heavy atom. The maximum absolute atomic E-state index is 12.0. The number of nitrogens with one attached hydrogen (secondary N) is 1. The minimum Gasteiger partial charge on any atom is -0.481 e. The lowest BCUT2D eigenvalue weighted by atomic mass is 10.2. The van der Waals surface area contributed by atoms with Gasteiger partial charge in [0.25, 0.3) is 0 Å². The van der Waals surface area contributed by atoms with E-state index in [1.54, 1.807) is 69.3 Å². The maximum Gasteiger partial charge on any atom is 0.407 e. The van der Waals surface area contributed by atoms with E-state index in [0.717, 1.165) is 0 Å². The number of nitrogens with zero attached hydrogens (tertiary/aromatic N) is 4. The number of tetrazole rings is 1. The number of aliphatic carboxylic acids is 1. The van der Waals surface area contributed by atoms with Crippen LogP contribution in [0.5, 0.6) is 11.5 Å². The highest BCUT2D eigenvalue weighted by atomic mass is 35.5. The predicted molar refractivity (Wildman–Crippen MR) is 120 cm³/mol. The van der Waals surface area contributed by atoms with Crippen LogP contribution in [-0.4, -0.2) is 49.0 Å². The van der Waals surface area contributed by atoms with Gasteiger partial charge in [-0.2, -0.15) is 4.80 Å². The zero-order valence-electron chi connectivity index (χ0n) is 18.4. The maximum atomic E-state index is 12.0. The first-order chi connectivity index (χ1) is 15.6. The van der Waals surface area contributed by atoms with Crippen molar-refractivity contribution in [2.75, 3.05) is 0 Å². The van der Waals surface area contributed by atoms with Gasteiger partial charge in [0, 0.05) is 10.6 Å². The van der Waals surface area contributed by atoms with E-state index >= 15 is 0 Å². The van der Waals surface area contributed by atoms with E-state index in [2.05, 4.69) is 20.7 Å². The normalized spacial score (nSPS) is 12.1. The van der Waals surface area contributed by atoms with E-state index in [-0.39, 0.29) is 13.0 Å². The van der Waals surface area contributed by atoms with E-state index in [4.69, 9.17) is 26.2 Å². The zero-order chi connectivity index (χ0) is 24.0. The smallest absolute Gasteiger partial charge is 0.407 e. The highest BCUT2D eigenvalue weighted by Gasteiger charge is 2.22. The Balaban J connectivity index is 1.65. The molecule has 11 heteroatoms. The van der Waals surface area contributed by atoms with Crippen LogP contribution < -0.4 is 10.1 Å². The number of rotatable bonds is 8. The Hall–Kier alpha value is -3.66. The first kappa shape index (κ1) is 24.0. The van der Waals surface area contributed by atoms with Gasteiger partial charge in [0.05, 0.1) is 19.0 Å². The number of benzene rings is 2. The number of carbonyl (C=O) groups is 2. The molecule has 2 N–H and O–H groups in total. The molecule has 3 aromatic rings. The van der Waals surface area contributed by atoms with Gasteiger partial charge < -0.3 is 19.9 Å². The van der Waals surface area contributed by atoms with Crippen LogP contribution in [0.1, 0.15) is 27.2 Å². The number of carbonyl (C=O) groups excluding carboxylic acids is 1. The monoisotopic (exact) mass is 473 g/mol. The van der Waals surface area contributed by atoms with Gasteiger partial charge in [-0.25, -0.2) is 4.79 Å². The summed E-state index contributed by atoms with van der Waals surface area (Å²) in [5.74, 6) is 0.543. The molecule has 0 aliphatic rings. The molecule has 0 fully saturated rings. The number of carboxylic acid groups (broad SMARTS) is 1. The summed E-state index contributed by atoms with van der Waals surface area (Å²) in [7, 11) is 0. The number of hydrogen-bond acceptors (Lipinski definition) is 7. The van der Waals surface area contributed by atoms with Gasteiger partial charge in [-0.3, -0.25) is 4.79 Å². The lowest BCUT2D eigenvalue weighted by Crippen LogP contribution is -2.42. The molecule has 1 amide bonds. The van der Waals surface area contributed by atoms with Crippen molar-refractivity contribution >= 4 is 23.7 Å². The van der Waals surface area contributed by atoms with Crippen LogP contribution in [0.3, 0.4) is 0 Å². The summed E-state index contributed by atoms with van der Waals surface area (Å²) in [6, 6.07) is 13.3. The molecular weight excluding hydrogens is 450 g/mol. The van der Waals surface area contributed by atoms with Gasteiger partial charge >= 0.3 is 12.1 Å². The van der Waals surface area contributed by atoms with Gasteiger partial charge in [-0.05, 0) is 74.5 Å². The second-order valence-electron chi connectivity index (χ2n) is 8.19. The summed E-state index contributed by atoms with van der Waals surface area (Å²) in [6.07, 6.45) is -1.04. The van der Waals surface area contributed by atoms with Gasteiger partial charge in [-0.1, -0.05) is 11.6 Å². The van der Waals surface area contributed by atoms with Crippen molar-refractivity contribution in [1.82, 2.24) is 25.5 Å². The second kappa shape index (κ2) is 10.3. The topological polar surface area (TPSA) is 128 Å². The molecule has 2 aromatic carbocycles. The van der Waals surface area contributed by atoms with Crippen LogP contribution in [0.15, 0.2) is 48.5 Å². The number of carboxylic acids is 1. The lowest BCUT2D eigenvalue weighted by molar-refractivity contribution is -0.137. The minimum absolute atomic E-state index is 0.0102. The number of hydrogen-bond donors (Lipinski definition) is 2. The van der Waals surface area contributed by atoms with Crippen LogP contribution in [0.25, 0.3) is 11.4 Å². The Kier molecular flexibility index (Phi) is 7.49. The van der Waals surface area contributed by atoms with Crippen molar-refractivity contribution in [3.05, 3.63) is 53.6 Å². The SMILES string of the molecule is CC(C)(C)OC(=O)N[C@H](CC(=O)O)Cn1nnc(-c2ccc(Oc3ccc(Cl)cc3)cc2)n1. The van der Waals surface area contributed by atoms with Crippen molar-refractivity contribution in [3.63, 3.8) is 0 Å². The summed E-state index contributed by atoms with van der Waals surface area (Å²) in [6.45, 7) is 5.16. The Morgan fingerprint density at radius 1 is 1.09 bits per heavy atom. The third kappa shape index (κ3) is 7.76. The summed E-state index contributed by atoms with van der Waals surface area (Å²) >= 11 is 5.88. The molecule has 10 nitrogen and oxygen atoms in total. The fraction of sp³-hybridized carbons (Fsp3) is 0.318. The third-order valence-corrected chi connectivity index (χ3v) is 4.39. The quantitative estimate of drug-likeness (QED) is 0.499. The molecule has 0 unspecified atom stereocenters. The Morgan fingerprint density at radius 2 is 1.70 bits per heavy atom. The number of alkyl carbamates (subject to hydrolysis) is 1. The second-order valence-corrected chi connectivity index (χ2v) is 8.63. The van der Waals surface area contributed by atoms with E-state index < -0.39 is 23.7 Å². The molecule has 0 aliphatic carbocycles. The first-order valence-corrected chi connectivity index (χ1v) is 10.5. The van der Waals surface area contributed by atoms with Gasteiger partial charge in [0.15, 0.2) is 0 Å². The first-order valence-electron chi connectivity index (χ1n) is 10.1. The van der Waals surface area contributed by atoms with E-state index in [1.165, 1.54) is 4.80 Å². The molecule has 0 saturated carbocycles. The van der Waals surface area contributed by atoms with Crippen molar-refractivity contribution in [1.29, 1.82) is 0 Å². The molecule has 1 aromatic heterocycles. The van der Waals surface area contributed by atoms with Crippen LogP contribution in [0.2, 0.25) is 5.02 Å². The molecule has 33 heavy (non-hydrogen) atoms. The average Bonchev–Trinajstić information content (AvgIpc) is 3.16. The van der Waals surface area contributed by atoms with Crippen LogP contribution in [-0.2, 0) is 16.1 Å². The van der Waals surface area contributed by atoms with E-state index in [9.17, 15) is 9.59 Å². The van der Waals surface area contributed by atoms with Crippen LogP contribution >= 0.6 is 11.6 Å². The summed E-state index contributed by atoms with van der Waals surface area (Å²) < 4.78 is 11.0. The van der Waals surface area contributed by atoms with Crippen LogP contribution in [0, 0.1) is 0 Å². The largest absolute Gasteiger partial charge is 0.481 e. The fourth-order valence-electron chi connectivity index (χ4n) is 2.79. The Labute approximate surface area is 195 Å². The summed E-state index contributed by atoms with van der Waals surface area (Å²) in [5.41, 5.74) is -0.0143. The third-order valence-electron chi connectivity index (χ3n) is 4.14. The van der Waals surface area contributed by atoms with Crippen molar-refractivity contribution in [2.45, 2.75) is 45.4 Å². The molecule has 1 heterocycles. The van der Waals surface area contributed by atoms with Gasteiger partial charge in [0.1, 0.15) is 17.1 Å². The lowest BCUT2D eigenvalue weighted by Gasteiger charge is -2.22. The molecule has 0 bridgehead atoms. The van der Waals surface area contributed by atoms with E-state index in [1.807, 2.05) is 0 Å². The molecule has 0 radical (unpaired) electrons. The highest BCUT2D eigenvalue weighted by molar-refractivity contribution is 6.30. The molecular formula is C22H24ClN5O5. The molecule has 1 atom stereocenters. The number of ether oxygens (including phenoxy) is 2. The predicted octanol–water partition coefficient (Wildman–Crippen LogP) is 4.15. The molecule has 0 aliphatic heterocycles. The van der Waals surface area contributed by atoms with Crippen molar-refractivity contribution in [2.24, 2.45) is 0 Å². The molecule has 174 valence electrons. The Bertz CT molecular complexity index is 1090. The highest BCUT2D eigenvalue weighted by Crippen LogP contribution is 2.25. The summed E-state index contributed by atoms with van der Waals surface area (Å²) in [4.78, 5) is 24.5. The summed E-state index contributed by atoms with van der Waals surface area (Å²) in [5, 5.41) is 24.6. The molecule has 3 rings (SSSR count). The molecule has 0 saturated heterocycles. The number of halogens is 1. The molecule has 0 spiro atoms. The van der Waals surface area contributed by atoms with E-state index in [0.29, 0.717) is 27.9 Å². The van der Waals surface area contributed by atoms with Crippen molar-refractivity contribution < 1.29 is 24.2 Å². The average molecular weight is 474 g/mol. The van der Waals surface area contributed by atoms with Crippen LogP contribution in [0.4, 0.5) is 4.79 Å². The fourth-order valence-corrected chi connectivity index (χ4v) is 2.92. The van der Waals surface area contributed by atoms with Gasteiger partial charge in [-0.15, -0.1) is 10.2 Å². The number of amides is 1. The van der Waals surface area contributed by atoms with Gasteiger partial charge in [0.2, 0.25) is 5.82 Å². The van der Waals surface area contributed by atoms with Crippen molar-refractivity contribution in [3.8, 4) is 22.9 Å². The standard InChI is InChI=1S/C22H24ClN5O5/c1-22(2,3)33-21(31)24-16(12-19(29)30)13-28-26-20(25-27-28)14-4-8-17(9-5-14)32-18-10-6-15(23)7-11-18/h4-11,16H,12-13H2,1-3H3,(H,24,31)(H,29,30)/t16-/m1/s1.